The second-order valence-electron chi connectivity index (χ2n) is 10.1. The Bertz CT molecular complexity index is 963. The molecule has 1 aromatic rings. The van der Waals surface area contributed by atoms with Gasteiger partial charge in [0.1, 0.15) is 0 Å². The zero-order chi connectivity index (χ0) is 24.3. The van der Waals surface area contributed by atoms with Crippen LogP contribution in [0.1, 0.15) is 47.7 Å². The van der Waals surface area contributed by atoms with Gasteiger partial charge >= 0.3 is 0 Å². The minimum absolute atomic E-state index is 0.181. The molecule has 3 aliphatic heterocycles. The van der Waals surface area contributed by atoms with Crippen molar-refractivity contribution in [2.75, 3.05) is 59.2 Å². The van der Waals surface area contributed by atoms with E-state index in [-0.39, 0.29) is 16.8 Å². The van der Waals surface area contributed by atoms with E-state index in [1.54, 1.807) is 16.4 Å². The van der Waals surface area contributed by atoms with E-state index in [1.807, 2.05) is 13.8 Å². The Kier molecular flexibility index (Phi) is 8.30. The third kappa shape index (κ3) is 5.65. The van der Waals surface area contributed by atoms with Gasteiger partial charge in [0.2, 0.25) is 10.0 Å². The second kappa shape index (κ2) is 11.0. The highest BCUT2D eigenvalue weighted by Gasteiger charge is 2.33. The van der Waals surface area contributed by atoms with Crippen LogP contribution in [0.5, 0.6) is 0 Å². The number of nitrogens with one attached hydrogen (secondary N) is 1. The molecule has 0 radical (unpaired) electrons. The zero-order valence-corrected chi connectivity index (χ0v) is 21.5. The molecule has 190 valence electrons. The van der Waals surface area contributed by atoms with Crippen molar-refractivity contribution < 1.29 is 22.7 Å². The summed E-state index contributed by atoms with van der Waals surface area (Å²) in [6.45, 7) is 12.0. The second-order valence-corrected chi connectivity index (χ2v) is 12.0. The van der Waals surface area contributed by atoms with E-state index in [2.05, 4.69) is 17.1 Å². The normalized spacial score (nSPS) is 24.3. The third-order valence-corrected chi connectivity index (χ3v) is 9.76. The Labute approximate surface area is 204 Å². The summed E-state index contributed by atoms with van der Waals surface area (Å²) in [5.41, 5.74) is 1.92. The maximum atomic E-state index is 13.5. The first kappa shape index (κ1) is 25.6. The van der Waals surface area contributed by atoms with Crippen LogP contribution >= 0.6 is 0 Å². The van der Waals surface area contributed by atoms with Gasteiger partial charge in [-0.1, -0.05) is 6.92 Å². The van der Waals surface area contributed by atoms with Crippen molar-refractivity contribution in [2.24, 2.45) is 11.8 Å². The van der Waals surface area contributed by atoms with Gasteiger partial charge in [-0.05, 0) is 62.3 Å². The lowest BCUT2D eigenvalue weighted by Gasteiger charge is -2.37. The van der Waals surface area contributed by atoms with Crippen molar-refractivity contribution in [3.63, 3.8) is 0 Å². The van der Waals surface area contributed by atoms with Crippen molar-refractivity contribution in [3.05, 3.63) is 28.8 Å². The molecule has 3 saturated heterocycles. The summed E-state index contributed by atoms with van der Waals surface area (Å²) < 4.78 is 39.6. The standard InChI is InChI=1S/C25H39N3O5S/c1-18-4-7-28(8-5-18)34(30,31)24-15-22(14-19(2)20(24)3)25(29)26-16-23(21-6-11-33-17-21)27-9-12-32-13-10-27/h14-15,18,21,23H,4-13,16-17H2,1-3H3,(H,26,29). The lowest BCUT2D eigenvalue weighted by molar-refractivity contribution is 0.00166. The molecule has 9 heteroatoms. The molecule has 2 unspecified atom stereocenters. The fourth-order valence-corrected chi connectivity index (χ4v) is 7.04. The Balaban J connectivity index is 1.51. The number of hydrogen-bond donors (Lipinski definition) is 1. The number of piperidine rings is 1. The van der Waals surface area contributed by atoms with E-state index in [0.717, 1.165) is 44.5 Å². The van der Waals surface area contributed by atoms with Gasteiger partial charge in [-0.25, -0.2) is 8.42 Å². The summed E-state index contributed by atoms with van der Waals surface area (Å²) in [5.74, 6) is 0.677. The Morgan fingerprint density at radius 3 is 2.41 bits per heavy atom. The average Bonchev–Trinajstić information content (AvgIpc) is 3.36. The number of hydrogen-bond acceptors (Lipinski definition) is 6. The Morgan fingerprint density at radius 2 is 1.76 bits per heavy atom. The first-order chi connectivity index (χ1) is 16.3. The maximum Gasteiger partial charge on any atom is 0.251 e. The van der Waals surface area contributed by atoms with E-state index in [0.29, 0.717) is 62.4 Å². The topological polar surface area (TPSA) is 88.2 Å². The summed E-state index contributed by atoms with van der Waals surface area (Å²) in [6.07, 6.45) is 2.72. The molecule has 0 saturated carbocycles. The van der Waals surface area contributed by atoms with Crippen LogP contribution < -0.4 is 5.32 Å². The van der Waals surface area contributed by atoms with Gasteiger partial charge in [0.25, 0.3) is 5.91 Å². The quantitative estimate of drug-likeness (QED) is 0.627. The van der Waals surface area contributed by atoms with Crippen LogP contribution in [-0.2, 0) is 19.5 Å². The number of aryl methyl sites for hydroxylation is 1. The molecule has 34 heavy (non-hydrogen) atoms. The monoisotopic (exact) mass is 493 g/mol. The van der Waals surface area contributed by atoms with Crippen molar-refractivity contribution in [3.8, 4) is 0 Å². The highest BCUT2D eigenvalue weighted by atomic mass is 32.2. The number of carbonyl (C=O) groups is 1. The number of carbonyl (C=O) groups excluding carboxylic acids is 1. The molecule has 0 bridgehead atoms. The number of ether oxygens (including phenoxy) is 2. The summed E-state index contributed by atoms with van der Waals surface area (Å²) in [6, 6.07) is 3.54. The van der Waals surface area contributed by atoms with Gasteiger partial charge in [0, 0.05) is 56.9 Å². The lowest BCUT2D eigenvalue weighted by atomic mass is 9.96. The number of sulfonamides is 1. The van der Waals surface area contributed by atoms with Crippen LogP contribution in [-0.4, -0.2) is 88.7 Å². The van der Waals surface area contributed by atoms with Crippen LogP contribution in [0.3, 0.4) is 0 Å². The number of amides is 1. The molecule has 0 spiro atoms. The smallest absolute Gasteiger partial charge is 0.251 e. The van der Waals surface area contributed by atoms with E-state index in [9.17, 15) is 13.2 Å². The average molecular weight is 494 g/mol. The fraction of sp³-hybridized carbons (Fsp3) is 0.720. The highest BCUT2D eigenvalue weighted by molar-refractivity contribution is 7.89. The summed E-state index contributed by atoms with van der Waals surface area (Å²) in [7, 11) is -3.64. The Morgan fingerprint density at radius 1 is 1.06 bits per heavy atom. The van der Waals surface area contributed by atoms with Crippen LogP contribution in [0, 0.1) is 25.7 Å². The Hall–Kier alpha value is -1.52. The predicted molar refractivity (Wildman–Crippen MR) is 131 cm³/mol. The van der Waals surface area contributed by atoms with Crippen LogP contribution in [0.15, 0.2) is 17.0 Å². The van der Waals surface area contributed by atoms with E-state index in [1.165, 1.54) is 0 Å². The van der Waals surface area contributed by atoms with E-state index >= 15 is 0 Å². The van der Waals surface area contributed by atoms with Gasteiger partial charge in [-0.2, -0.15) is 4.31 Å². The van der Waals surface area contributed by atoms with Crippen LogP contribution in [0.2, 0.25) is 0 Å². The molecule has 1 aromatic carbocycles. The summed E-state index contributed by atoms with van der Waals surface area (Å²) in [5, 5.41) is 3.10. The lowest BCUT2D eigenvalue weighted by Crippen LogP contribution is -2.52. The van der Waals surface area contributed by atoms with Crippen molar-refractivity contribution in [1.29, 1.82) is 0 Å². The summed E-state index contributed by atoms with van der Waals surface area (Å²) in [4.78, 5) is 15.9. The minimum Gasteiger partial charge on any atom is -0.381 e. The third-order valence-electron chi connectivity index (χ3n) is 7.74. The largest absolute Gasteiger partial charge is 0.381 e. The SMILES string of the molecule is Cc1cc(C(=O)NCC(C2CCOC2)N2CCOCC2)cc(S(=O)(=O)N2CCC(C)CC2)c1C. The van der Waals surface area contributed by atoms with Crippen molar-refractivity contribution in [1.82, 2.24) is 14.5 Å². The maximum absolute atomic E-state index is 13.5. The molecule has 2 atom stereocenters. The molecule has 0 aromatic heterocycles. The van der Waals surface area contributed by atoms with E-state index in [4.69, 9.17) is 9.47 Å². The number of benzene rings is 1. The van der Waals surface area contributed by atoms with Crippen LogP contribution in [0.4, 0.5) is 0 Å². The zero-order valence-electron chi connectivity index (χ0n) is 20.7. The molecular formula is C25H39N3O5S. The van der Waals surface area contributed by atoms with Crippen LogP contribution in [0.25, 0.3) is 0 Å². The van der Waals surface area contributed by atoms with Crippen molar-refractivity contribution in [2.45, 2.75) is 51.0 Å². The highest BCUT2D eigenvalue weighted by Crippen LogP contribution is 2.28. The number of nitrogens with zero attached hydrogens (tertiary/aromatic N) is 2. The number of morpholine rings is 1. The molecule has 3 fully saturated rings. The first-order valence-corrected chi connectivity index (χ1v) is 14.0. The van der Waals surface area contributed by atoms with Crippen molar-refractivity contribution >= 4 is 15.9 Å². The van der Waals surface area contributed by atoms with Gasteiger partial charge in [-0.15, -0.1) is 0 Å². The summed E-state index contributed by atoms with van der Waals surface area (Å²) >= 11 is 0. The predicted octanol–water partition coefficient (Wildman–Crippen LogP) is 2.19. The van der Waals surface area contributed by atoms with Gasteiger partial charge in [0.05, 0.1) is 24.7 Å². The van der Waals surface area contributed by atoms with Gasteiger partial charge in [0.15, 0.2) is 0 Å². The first-order valence-electron chi connectivity index (χ1n) is 12.6. The minimum atomic E-state index is -3.64. The van der Waals surface area contributed by atoms with Gasteiger partial charge < -0.3 is 14.8 Å². The molecular weight excluding hydrogens is 454 g/mol. The molecule has 3 heterocycles. The molecule has 3 aliphatic rings. The van der Waals surface area contributed by atoms with Gasteiger partial charge in [-0.3, -0.25) is 9.69 Å². The number of rotatable bonds is 7. The molecule has 1 amide bonds. The molecule has 1 N–H and O–H groups in total. The fourth-order valence-electron chi connectivity index (χ4n) is 5.25. The molecule has 0 aliphatic carbocycles. The van der Waals surface area contributed by atoms with E-state index < -0.39 is 10.0 Å². The molecule has 4 rings (SSSR count). The molecule has 8 nitrogen and oxygen atoms in total.